The zero-order valence-corrected chi connectivity index (χ0v) is 16.1. The predicted octanol–water partition coefficient (Wildman–Crippen LogP) is 3.96. The third-order valence-corrected chi connectivity index (χ3v) is 5.29. The topological polar surface area (TPSA) is 49.4 Å². The number of benzene rings is 2. The van der Waals surface area contributed by atoms with Crippen LogP contribution in [0.3, 0.4) is 0 Å². The third kappa shape index (κ3) is 5.65. The summed E-state index contributed by atoms with van der Waals surface area (Å²) in [6.07, 6.45) is 4.92. The molecule has 0 spiro atoms. The van der Waals surface area contributed by atoms with E-state index in [1.54, 1.807) is 24.3 Å². The maximum absolute atomic E-state index is 13.0. The summed E-state index contributed by atoms with van der Waals surface area (Å²) in [5, 5.41) is 2.96. The fourth-order valence-corrected chi connectivity index (χ4v) is 3.72. The fourth-order valence-electron chi connectivity index (χ4n) is 3.72. The molecule has 3 rings (SSSR count). The molecule has 0 aliphatic carbocycles. The van der Waals surface area contributed by atoms with Crippen LogP contribution in [0.1, 0.15) is 48.0 Å². The van der Waals surface area contributed by atoms with Gasteiger partial charge in [0.25, 0.3) is 5.91 Å². The van der Waals surface area contributed by atoms with Crippen LogP contribution < -0.4 is 5.32 Å². The normalized spacial score (nSPS) is 16.6. The Morgan fingerprint density at radius 1 is 1.04 bits per heavy atom. The highest BCUT2D eigenvalue weighted by atomic mass is 19.1. The summed E-state index contributed by atoms with van der Waals surface area (Å²) in [6.45, 7) is 1.33. The van der Waals surface area contributed by atoms with Gasteiger partial charge in [-0.1, -0.05) is 30.3 Å². The van der Waals surface area contributed by atoms with Gasteiger partial charge in [-0.15, -0.1) is 0 Å². The van der Waals surface area contributed by atoms with Crippen LogP contribution in [0.5, 0.6) is 0 Å². The molecule has 1 aliphatic heterocycles. The Kier molecular flexibility index (Phi) is 7.18. The number of carbonyl (C=O) groups is 2. The molecule has 2 amide bonds. The van der Waals surface area contributed by atoms with E-state index in [2.05, 4.69) is 5.32 Å². The minimum Gasteiger partial charge on any atom is -0.352 e. The first-order valence-electron chi connectivity index (χ1n) is 10.0. The van der Waals surface area contributed by atoms with Gasteiger partial charge >= 0.3 is 0 Å². The van der Waals surface area contributed by atoms with Crippen molar-refractivity contribution in [2.75, 3.05) is 13.1 Å². The van der Waals surface area contributed by atoms with Crippen molar-refractivity contribution in [2.24, 2.45) is 0 Å². The van der Waals surface area contributed by atoms with E-state index < -0.39 is 0 Å². The SMILES string of the molecule is O=C(NCC[C@H]1CCCCN1C(=O)CCc1ccc(F)cc1)c1ccccc1. The number of nitrogens with zero attached hydrogens (tertiary/aromatic N) is 1. The lowest BCUT2D eigenvalue weighted by Crippen LogP contribution is -2.45. The zero-order valence-electron chi connectivity index (χ0n) is 16.1. The van der Waals surface area contributed by atoms with E-state index in [0.29, 0.717) is 24.9 Å². The van der Waals surface area contributed by atoms with Crippen LogP contribution in [0, 0.1) is 5.82 Å². The monoisotopic (exact) mass is 382 g/mol. The average Bonchev–Trinajstić information content (AvgIpc) is 2.74. The number of likely N-dealkylation sites (tertiary alicyclic amines) is 1. The maximum atomic E-state index is 13.0. The van der Waals surface area contributed by atoms with Gasteiger partial charge in [0.15, 0.2) is 0 Å². The van der Waals surface area contributed by atoms with Crippen LogP contribution in [0.4, 0.5) is 4.39 Å². The van der Waals surface area contributed by atoms with Crippen molar-refractivity contribution in [3.63, 3.8) is 0 Å². The highest BCUT2D eigenvalue weighted by Gasteiger charge is 2.26. The molecule has 4 nitrogen and oxygen atoms in total. The molecule has 2 aromatic rings. The van der Waals surface area contributed by atoms with E-state index >= 15 is 0 Å². The van der Waals surface area contributed by atoms with E-state index in [-0.39, 0.29) is 23.7 Å². The zero-order chi connectivity index (χ0) is 19.8. The van der Waals surface area contributed by atoms with Crippen molar-refractivity contribution in [3.8, 4) is 0 Å². The van der Waals surface area contributed by atoms with E-state index in [1.807, 2.05) is 23.1 Å². The van der Waals surface area contributed by atoms with Crippen LogP contribution in [0.25, 0.3) is 0 Å². The Morgan fingerprint density at radius 2 is 1.79 bits per heavy atom. The summed E-state index contributed by atoms with van der Waals surface area (Å²) in [5.74, 6) is -0.197. The number of hydrogen-bond donors (Lipinski definition) is 1. The number of hydrogen-bond acceptors (Lipinski definition) is 2. The van der Waals surface area contributed by atoms with Crippen LogP contribution in [-0.2, 0) is 11.2 Å². The molecule has 5 heteroatoms. The molecule has 1 saturated heterocycles. The molecular weight excluding hydrogens is 355 g/mol. The van der Waals surface area contributed by atoms with Crippen LogP contribution in [-0.4, -0.2) is 35.8 Å². The predicted molar refractivity (Wildman–Crippen MR) is 107 cm³/mol. The number of piperidine rings is 1. The Balaban J connectivity index is 1.48. The third-order valence-electron chi connectivity index (χ3n) is 5.29. The highest BCUT2D eigenvalue weighted by Crippen LogP contribution is 2.21. The van der Waals surface area contributed by atoms with Crippen molar-refractivity contribution in [1.29, 1.82) is 0 Å². The van der Waals surface area contributed by atoms with Crippen LogP contribution in [0.15, 0.2) is 54.6 Å². The Morgan fingerprint density at radius 3 is 2.54 bits per heavy atom. The number of amides is 2. The molecule has 1 fully saturated rings. The van der Waals surface area contributed by atoms with Gasteiger partial charge in [-0.2, -0.15) is 0 Å². The average molecular weight is 382 g/mol. The molecule has 0 radical (unpaired) electrons. The number of carbonyl (C=O) groups excluding carboxylic acids is 2. The summed E-state index contributed by atoms with van der Waals surface area (Å²) < 4.78 is 13.0. The first kappa shape index (κ1) is 20.1. The number of rotatable bonds is 7. The quantitative estimate of drug-likeness (QED) is 0.788. The largest absolute Gasteiger partial charge is 0.352 e. The Labute approximate surface area is 165 Å². The first-order chi connectivity index (χ1) is 13.6. The minimum atomic E-state index is -0.260. The molecule has 0 unspecified atom stereocenters. The van der Waals surface area contributed by atoms with Gasteiger partial charge in [-0.25, -0.2) is 4.39 Å². The van der Waals surface area contributed by atoms with E-state index in [4.69, 9.17) is 0 Å². The van der Waals surface area contributed by atoms with Gasteiger partial charge in [0.05, 0.1) is 0 Å². The second kappa shape index (κ2) is 10.0. The molecule has 1 N–H and O–H groups in total. The van der Waals surface area contributed by atoms with Crippen LogP contribution >= 0.6 is 0 Å². The van der Waals surface area contributed by atoms with Crippen molar-refractivity contribution < 1.29 is 14.0 Å². The smallest absolute Gasteiger partial charge is 0.251 e. The lowest BCUT2D eigenvalue weighted by molar-refractivity contribution is -0.134. The van der Waals surface area contributed by atoms with Crippen molar-refractivity contribution in [1.82, 2.24) is 10.2 Å². The summed E-state index contributed by atoms with van der Waals surface area (Å²) in [5.41, 5.74) is 1.62. The summed E-state index contributed by atoms with van der Waals surface area (Å²) in [7, 11) is 0. The lowest BCUT2D eigenvalue weighted by atomic mass is 9.98. The molecule has 1 heterocycles. The van der Waals surface area contributed by atoms with Gasteiger partial charge < -0.3 is 10.2 Å². The lowest BCUT2D eigenvalue weighted by Gasteiger charge is -2.36. The molecule has 28 heavy (non-hydrogen) atoms. The van der Waals surface area contributed by atoms with E-state index in [0.717, 1.165) is 37.8 Å². The molecular formula is C23H27FN2O2. The molecule has 1 aliphatic rings. The fraction of sp³-hybridized carbons (Fsp3) is 0.391. The second-order valence-electron chi connectivity index (χ2n) is 7.27. The van der Waals surface area contributed by atoms with E-state index in [9.17, 15) is 14.0 Å². The van der Waals surface area contributed by atoms with Gasteiger partial charge in [-0.3, -0.25) is 9.59 Å². The minimum absolute atomic E-state index is 0.0782. The summed E-state index contributed by atoms with van der Waals surface area (Å²) in [4.78, 5) is 26.9. The Bertz CT molecular complexity index is 777. The van der Waals surface area contributed by atoms with Crippen molar-refractivity contribution >= 4 is 11.8 Å². The molecule has 1 atom stereocenters. The number of halogens is 1. The summed E-state index contributed by atoms with van der Waals surface area (Å²) in [6, 6.07) is 15.7. The van der Waals surface area contributed by atoms with Gasteiger partial charge in [0.1, 0.15) is 5.82 Å². The van der Waals surface area contributed by atoms with Gasteiger partial charge in [0.2, 0.25) is 5.91 Å². The standard InChI is InChI=1S/C23H27FN2O2/c24-20-12-9-18(10-13-20)11-14-22(27)26-17-5-4-8-21(26)15-16-25-23(28)19-6-2-1-3-7-19/h1-3,6-7,9-10,12-13,21H,4-5,8,11,14-17H2,(H,25,28)/t21-/m1/s1. The molecule has 0 aromatic heterocycles. The number of aryl methyl sites for hydroxylation is 1. The number of nitrogens with one attached hydrogen (secondary N) is 1. The molecule has 0 bridgehead atoms. The van der Waals surface area contributed by atoms with Gasteiger partial charge in [0, 0.05) is 31.1 Å². The highest BCUT2D eigenvalue weighted by molar-refractivity contribution is 5.94. The van der Waals surface area contributed by atoms with E-state index in [1.165, 1.54) is 12.1 Å². The molecule has 2 aromatic carbocycles. The molecule has 148 valence electrons. The Hall–Kier alpha value is -2.69. The second-order valence-corrected chi connectivity index (χ2v) is 7.27. The first-order valence-corrected chi connectivity index (χ1v) is 10.0. The maximum Gasteiger partial charge on any atom is 0.251 e. The summed E-state index contributed by atoms with van der Waals surface area (Å²) >= 11 is 0. The van der Waals surface area contributed by atoms with Crippen molar-refractivity contribution in [2.45, 2.75) is 44.6 Å². The van der Waals surface area contributed by atoms with Gasteiger partial charge in [-0.05, 0) is 61.9 Å². The van der Waals surface area contributed by atoms with Crippen LogP contribution in [0.2, 0.25) is 0 Å². The van der Waals surface area contributed by atoms with Crippen molar-refractivity contribution in [3.05, 3.63) is 71.5 Å². The molecule has 0 saturated carbocycles.